The fraction of sp³-hybridized carbons (Fsp3) is 0.647. The number of aliphatic hydroxyl groups excluding tert-OH is 1. The van der Waals surface area contributed by atoms with E-state index in [0.717, 1.165) is 11.3 Å². The summed E-state index contributed by atoms with van der Waals surface area (Å²) >= 11 is 0. The normalized spacial score (nSPS) is 13.7. The number of hydrogen-bond acceptors (Lipinski definition) is 3. The van der Waals surface area contributed by atoms with Crippen LogP contribution in [0.15, 0.2) is 12.1 Å². The molecular weight excluding hydrogens is 250 g/mol. The van der Waals surface area contributed by atoms with Gasteiger partial charge in [-0.1, -0.05) is 38.5 Å². The van der Waals surface area contributed by atoms with E-state index >= 15 is 0 Å². The summed E-state index contributed by atoms with van der Waals surface area (Å²) in [6.07, 6.45) is 0.705. The van der Waals surface area contributed by atoms with E-state index in [4.69, 9.17) is 4.74 Å². The summed E-state index contributed by atoms with van der Waals surface area (Å²) in [4.78, 5) is 2.14. The molecule has 1 atom stereocenters. The molecule has 0 aliphatic rings. The molecule has 20 heavy (non-hydrogen) atoms. The molecule has 0 aliphatic heterocycles. The average molecular weight is 279 g/mol. The summed E-state index contributed by atoms with van der Waals surface area (Å²) < 4.78 is 5.73. The lowest BCUT2D eigenvalue weighted by Crippen LogP contribution is -2.23. The van der Waals surface area contributed by atoms with Crippen LogP contribution in [-0.2, 0) is 5.41 Å². The highest BCUT2D eigenvalue weighted by Gasteiger charge is 2.26. The van der Waals surface area contributed by atoms with E-state index in [9.17, 15) is 5.11 Å². The van der Waals surface area contributed by atoms with Crippen molar-refractivity contribution in [3.8, 4) is 5.75 Å². The molecule has 1 unspecified atom stereocenters. The average Bonchev–Trinajstić information content (AvgIpc) is 2.33. The minimum atomic E-state index is 0.0300. The fourth-order valence-corrected chi connectivity index (χ4v) is 2.65. The van der Waals surface area contributed by atoms with Gasteiger partial charge in [-0.25, -0.2) is 0 Å². The first kappa shape index (κ1) is 17.0. The molecule has 1 rings (SSSR count). The van der Waals surface area contributed by atoms with Crippen molar-refractivity contribution < 1.29 is 9.84 Å². The lowest BCUT2D eigenvalue weighted by atomic mass is 9.82. The maximum atomic E-state index is 9.34. The first-order chi connectivity index (χ1) is 9.22. The monoisotopic (exact) mass is 279 g/mol. The molecule has 1 N–H and O–H groups in total. The van der Waals surface area contributed by atoms with Crippen LogP contribution in [0.4, 0.5) is 0 Å². The molecule has 0 spiro atoms. The Morgan fingerprint density at radius 2 is 1.85 bits per heavy atom. The third-order valence-electron chi connectivity index (χ3n) is 3.66. The van der Waals surface area contributed by atoms with E-state index in [1.54, 1.807) is 7.11 Å². The second kappa shape index (κ2) is 6.59. The largest absolute Gasteiger partial charge is 0.496 e. The summed E-state index contributed by atoms with van der Waals surface area (Å²) in [7, 11) is 5.81. The Morgan fingerprint density at radius 3 is 2.25 bits per heavy atom. The van der Waals surface area contributed by atoms with Crippen LogP contribution in [0.1, 0.15) is 49.9 Å². The van der Waals surface area contributed by atoms with E-state index in [2.05, 4.69) is 44.7 Å². The summed E-state index contributed by atoms with van der Waals surface area (Å²) in [6, 6.07) is 4.54. The third-order valence-corrected chi connectivity index (χ3v) is 3.66. The number of aryl methyl sites for hydroxylation is 1. The maximum absolute atomic E-state index is 9.34. The number of hydrogen-bond donors (Lipinski definition) is 1. The highest BCUT2D eigenvalue weighted by molar-refractivity contribution is 5.49. The number of benzene rings is 1. The molecule has 0 bridgehead atoms. The lowest BCUT2D eigenvalue weighted by molar-refractivity contribution is 0.207. The molecule has 1 aromatic carbocycles. The minimum Gasteiger partial charge on any atom is -0.496 e. The number of aliphatic hydroxyl groups is 1. The van der Waals surface area contributed by atoms with Gasteiger partial charge in [0.1, 0.15) is 5.75 Å². The van der Waals surface area contributed by atoms with Gasteiger partial charge in [0.15, 0.2) is 0 Å². The van der Waals surface area contributed by atoms with Crippen LogP contribution in [0.5, 0.6) is 5.75 Å². The quantitative estimate of drug-likeness (QED) is 0.898. The Kier molecular flexibility index (Phi) is 5.60. The fourth-order valence-electron chi connectivity index (χ4n) is 2.65. The van der Waals surface area contributed by atoms with Gasteiger partial charge in [0.05, 0.1) is 7.11 Å². The molecule has 114 valence electrons. The Morgan fingerprint density at radius 1 is 1.25 bits per heavy atom. The van der Waals surface area contributed by atoms with E-state index in [1.165, 1.54) is 11.1 Å². The van der Waals surface area contributed by atoms with Gasteiger partial charge >= 0.3 is 0 Å². The van der Waals surface area contributed by atoms with Crippen molar-refractivity contribution in [3.05, 3.63) is 28.8 Å². The first-order valence-electron chi connectivity index (χ1n) is 7.18. The Balaban J connectivity index is 3.48. The molecule has 0 fully saturated rings. The van der Waals surface area contributed by atoms with Crippen molar-refractivity contribution in [2.75, 3.05) is 27.8 Å². The molecule has 0 radical (unpaired) electrons. The topological polar surface area (TPSA) is 32.7 Å². The zero-order chi connectivity index (χ0) is 15.5. The molecule has 0 aliphatic carbocycles. The Bertz CT molecular complexity index is 447. The van der Waals surface area contributed by atoms with Gasteiger partial charge in [-0.15, -0.1) is 0 Å². The van der Waals surface area contributed by atoms with E-state index in [0.29, 0.717) is 6.42 Å². The Labute approximate surface area is 123 Å². The summed E-state index contributed by atoms with van der Waals surface area (Å²) in [5.74, 6) is 0.954. The number of ether oxygens (including phenoxy) is 1. The second-order valence-corrected chi connectivity index (χ2v) is 6.68. The molecule has 0 amide bonds. The van der Waals surface area contributed by atoms with Gasteiger partial charge in [-0.2, -0.15) is 0 Å². The van der Waals surface area contributed by atoms with Crippen LogP contribution in [-0.4, -0.2) is 37.8 Å². The number of rotatable bonds is 5. The highest BCUT2D eigenvalue weighted by atomic mass is 16.5. The number of nitrogens with zero attached hydrogens (tertiary/aromatic N) is 1. The van der Waals surface area contributed by atoms with Crippen LogP contribution >= 0.6 is 0 Å². The predicted molar refractivity (Wildman–Crippen MR) is 84.6 cm³/mol. The lowest BCUT2D eigenvalue weighted by Gasteiger charge is -2.30. The van der Waals surface area contributed by atoms with E-state index in [-0.39, 0.29) is 18.1 Å². The summed E-state index contributed by atoms with van der Waals surface area (Å²) in [5.41, 5.74) is 3.65. The highest BCUT2D eigenvalue weighted by Crippen LogP contribution is 2.39. The van der Waals surface area contributed by atoms with Crippen LogP contribution in [0.25, 0.3) is 0 Å². The minimum absolute atomic E-state index is 0.0300. The van der Waals surface area contributed by atoms with Gasteiger partial charge in [0.25, 0.3) is 0 Å². The van der Waals surface area contributed by atoms with Crippen molar-refractivity contribution in [2.45, 2.75) is 45.6 Å². The first-order valence-corrected chi connectivity index (χ1v) is 7.18. The molecule has 0 saturated carbocycles. The van der Waals surface area contributed by atoms with Crippen LogP contribution in [0.3, 0.4) is 0 Å². The van der Waals surface area contributed by atoms with E-state index in [1.807, 2.05) is 14.1 Å². The molecule has 3 heteroatoms. The molecule has 3 nitrogen and oxygen atoms in total. The van der Waals surface area contributed by atoms with Gasteiger partial charge in [-0.05, 0) is 32.9 Å². The summed E-state index contributed by atoms with van der Waals surface area (Å²) in [6.45, 7) is 8.88. The van der Waals surface area contributed by atoms with Crippen molar-refractivity contribution in [2.24, 2.45) is 0 Å². The molecular formula is C17H29NO2. The molecule has 0 saturated heterocycles. The van der Waals surface area contributed by atoms with Gasteiger partial charge in [0.2, 0.25) is 0 Å². The smallest absolute Gasteiger partial charge is 0.127 e. The van der Waals surface area contributed by atoms with E-state index < -0.39 is 0 Å². The van der Waals surface area contributed by atoms with Crippen LogP contribution in [0, 0.1) is 6.92 Å². The molecule has 0 heterocycles. The molecule has 1 aromatic rings. The zero-order valence-electron chi connectivity index (χ0n) is 13.9. The molecule has 0 aromatic heterocycles. The van der Waals surface area contributed by atoms with Gasteiger partial charge < -0.3 is 14.7 Å². The zero-order valence-corrected chi connectivity index (χ0v) is 13.9. The van der Waals surface area contributed by atoms with Crippen molar-refractivity contribution in [1.29, 1.82) is 0 Å². The number of methoxy groups -OCH3 is 1. The van der Waals surface area contributed by atoms with Gasteiger partial charge in [-0.3, -0.25) is 0 Å². The van der Waals surface area contributed by atoms with Crippen molar-refractivity contribution in [3.63, 3.8) is 0 Å². The van der Waals surface area contributed by atoms with Crippen LogP contribution < -0.4 is 4.74 Å². The second-order valence-electron chi connectivity index (χ2n) is 6.68. The Hall–Kier alpha value is -1.06. The van der Waals surface area contributed by atoms with Crippen molar-refractivity contribution >= 4 is 0 Å². The predicted octanol–water partition coefficient (Wildman–Crippen LogP) is 3.29. The SMILES string of the molecule is COc1c(C(CCO)N(C)C)cc(C)cc1C(C)(C)C. The standard InChI is InChI=1S/C17H29NO2/c1-12-10-13(15(8-9-19)18(5)6)16(20-7)14(11-12)17(2,3)4/h10-11,15,19H,8-9H2,1-7H3. The van der Waals surface area contributed by atoms with Crippen LogP contribution in [0.2, 0.25) is 0 Å². The maximum Gasteiger partial charge on any atom is 0.127 e. The van der Waals surface area contributed by atoms with Crippen molar-refractivity contribution in [1.82, 2.24) is 4.90 Å². The summed E-state index contributed by atoms with van der Waals surface area (Å²) in [5, 5.41) is 9.34. The van der Waals surface area contributed by atoms with Gasteiger partial charge in [0, 0.05) is 23.8 Å². The third kappa shape index (κ3) is 3.74.